The molecule has 2 N–H and O–H groups in total. The molecule has 25 heavy (non-hydrogen) atoms. The summed E-state index contributed by atoms with van der Waals surface area (Å²) < 4.78 is 0. The summed E-state index contributed by atoms with van der Waals surface area (Å²) in [5.41, 5.74) is 1.16. The number of rotatable bonds is 7. The van der Waals surface area contributed by atoms with Gasteiger partial charge in [0.15, 0.2) is 0 Å². The number of carbonyl (C=O) groups excluding carboxylic acids is 1. The largest absolute Gasteiger partial charge is 0.508 e. The summed E-state index contributed by atoms with van der Waals surface area (Å²) >= 11 is 1.67. The van der Waals surface area contributed by atoms with Crippen LogP contribution in [0, 0.1) is 0 Å². The maximum Gasteiger partial charge on any atom is 0.234 e. The fraction of sp³-hybridized carbons (Fsp3) is 0.450. The molecule has 1 aliphatic rings. The Morgan fingerprint density at radius 3 is 3.00 bits per heavy atom. The summed E-state index contributed by atoms with van der Waals surface area (Å²) in [6.45, 7) is 2.10. The van der Waals surface area contributed by atoms with Crippen LogP contribution in [0.4, 0.5) is 0 Å². The highest BCUT2D eigenvalue weighted by molar-refractivity contribution is 7.09. The third-order valence-corrected chi connectivity index (χ3v) is 5.69. The van der Waals surface area contributed by atoms with Crippen molar-refractivity contribution in [1.82, 2.24) is 10.2 Å². The zero-order valence-electron chi connectivity index (χ0n) is 14.5. The predicted molar refractivity (Wildman–Crippen MR) is 102 cm³/mol. The summed E-state index contributed by atoms with van der Waals surface area (Å²) in [5.74, 6) is 0.434. The minimum Gasteiger partial charge on any atom is -0.508 e. The smallest absolute Gasteiger partial charge is 0.234 e. The van der Waals surface area contributed by atoms with Gasteiger partial charge in [-0.05, 0) is 61.4 Å². The zero-order chi connectivity index (χ0) is 17.5. The van der Waals surface area contributed by atoms with E-state index >= 15 is 0 Å². The van der Waals surface area contributed by atoms with Gasteiger partial charge < -0.3 is 10.4 Å². The van der Waals surface area contributed by atoms with Crippen molar-refractivity contribution in [3.63, 3.8) is 0 Å². The van der Waals surface area contributed by atoms with Crippen LogP contribution in [0.25, 0.3) is 0 Å². The van der Waals surface area contributed by atoms with Crippen molar-refractivity contribution in [3.05, 3.63) is 52.2 Å². The molecule has 1 aromatic heterocycles. The predicted octanol–water partition coefficient (Wildman–Crippen LogP) is 3.56. The first-order valence-electron chi connectivity index (χ1n) is 9.02. The second-order valence-corrected chi connectivity index (χ2v) is 7.72. The number of hydrogen-bond acceptors (Lipinski definition) is 4. The lowest BCUT2D eigenvalue weighted by atomic mass is 9.95. The molecular weight excluding hydrogens is 332 g/mol. The Bertz CT molecular complexity index is 672. The van der Waals surface area contributed by atoms with E-state index in [0.717, 1.165) is 31.4 Å². The number of carbonyl (C=O) groups is 1. The third-order valence-electron chi connectivity index (χ3n) is 4.81. The monoisotopic (exact) mass is 358 g/mol. The minimum atomic E-state index is 0.109. The van der Waals surface area contributed by atoms with Crippen LogP contribution in [-0.2, 0) is 17.8 Å². The zero-order valence-corrected chi connectivity index (χ0v) is 15.3. The van der Waals surface area contributed by atoms with Crippen LogP contribution < -0.4 is 5.32 Å². The van der Waals surface area contributed by atoms with Crippen LogP contribution in [0.5, 0.6) is 5.75 Å². The lowest BCUT2D eigenvalue weighted by Gasteiger charge is -2.35. The number of phenolic OH excluding ortho intramolecular Hbond substituents is 1. The van der Waals surface area contributed by atoms with Crippen LogP contribution in [0.3, 0.4) is 0 Å². The minimum absolute atomic E-state index is 0.109. The Kier molecular flexibility index (Phi) is 6.48. The summed E-state index contributed by atoms with van der Waals surface area (Å²) in [7, 11) is 0. The van der Waals surface area contributed by atoms with Crippen LogP contribution in [0.15, 0.2) is 41.8 Å². The van der Waals surface area contributed by atoms with Crippen molar-refractivity contribution in [1.29, 1.82) is 0 Å². The van der Waals surface area contributed by atoms with Crippen LogP contribution >= 0.6 is 11.3 Å². The Hall–Kier alpha value is -1.85. The third kappa shape index (κ3) is 5.58. The van der Waals surface area contributed by atoms with Gasteiger partial charge >= 0.3 is 0 Å². The van der Waals surface area contributed by atoms with E-state index < -0.39 is 0 Å². The maximum atomic E-state index is 12.3. The summed E-state index contributed by atoms with van der Waals surface area (Å²) in [6, 6.07) is 12.0. The molecule has 1 atom stereocenters. The highest BCUT2D eigenvalue weighted by Gasteiger charge is 2.24. The molecule has 5 heteroatoms. The summed E-state index contributed by atoms with van der Waals surface area (Å²) in [4.78, 5) is 15.8. The molecule has 2 heterocycles. The highest BCUT2D eigenvalue weighted by atomic mass is 32.1. The number of nitrogens with zero attached hydrogens (tertiary/aromatic N) is 1. The number of hydrogen-bond donors (Lipinski definition) is 2. The molecule has 4 nitrogen and oxygen atoms in total. The number of nitrogens with one attached hydrogen (secondary N) is 1. The Balaban J connectivity index is 1.49. The number of amides is 1. The molecule has 1 aliphatic heterocycles. The lowest BCUT2D eigenvalue weighted by molar-refractivity contribution is -0.123. The van der Waals surface area contributed by atoms with Crippen molar-refractivity contribution in [2.75, 3.05) is 13.1 Å². The molecule has 1 fully saturated rings. The van der Waals surface area contributed by atoms with E-state index in [1.54, 1.807) is 17.4 Å². The number of aryl methyl sites for hydroxylation is 1. The van der Waals surface area contributed by atoms with Crippen LogP contribution in [0.1, 0.15) is 36.1 Å². The molecule has 2 aromatic rings. The van der Waals surface area contributed by atoms with Gasteiger partial charge in [-0.2, -0.15) is 0 Å². The molecule has 1 amide bonds. The van der Waals surface area contributed by atoms with Gasteiger partial charge in [-0.15, -0.1) is 11.3 Å². The van der Waals surface area contributed by atoms with Gasteiger partial charge in [0.25, 0.3) is 0 Å². The van der Waals surface area contributed by atoms with Gasteiger partial charge in [0.1, 0.15) is 5.75 Å². The molecule has 134 valence electrons. The number of likely N-dealkylation sites (tertiary alicyclic amines) is 1. The average molecular weight is 359 g/mol. The first-order valence-corrected chi connectivity index (χ1v) is 9.90. The van der Waals surface area contributed by atoms with Crippen LogP contribution in [0.2, 0.25) is 0 Å². The molecule has 1 unspecified atom stereocenters. The van der Waals surface area contributed by atoms with E-state index in [4.69, 9.17) is 0 Å². The van der Waals surface area contributed by atoms with Crippen LogP contribution in [-0.4, -0.2) is 35.0 Å². The van der Waals surface area contributed by atoms with Crippen molar-refractivity contribution >= 4 is 17.2 Å². The molecule has 1 saturated heterocycles. The molecule has 0 aliphatic carbocycles. The van der Waals surface area contributed by atoms with Gasteiger partial charge in [-0.25, -0.2) is 0 Å². The number of piperidine rings is 1. The van der Waals surface area contributed by atoms with Crippen molar-refractivity contribution in [2.24, 2.45) is 0 Å². The van der Waals surface area contributed by atoms with E-state index in [-0.39, 0.29) is 5.91 Å². The normalized spacial score (nSPS) is 18.2. The van der Waals surface area contributed by atoms with E-state index in [2.05, 4.69) is 16.3 Å². The van der Waals surface area contributed by atoms with E-state index in [9.17, 15) is 9.90 Å². The second kappa shape index (κ2) is 9.02. The first-order chi connectivity index (χ1) is 12.2. The molecule has 0 spiro atoms. The molecule has 1 aromatic carbocycles. The number of phenols is 1. The highest BCUT2D eigenvalue weighted by Crippen LogP contribution is 2.22. The van der Waals surface area contributed by atoms with Crippen molar-refractivity contribution < 1.29 is 9.90 Å². The standard InChI is InChI=1S/C20H26N2O2S/c23-18-7-3-5-16(13-18)9-10-17-6-1-2-11-22(17)15-20(24)21-14-19-8-4-12-25-19/h3-5,7-8,12-13,17,23H,1-2,6,9-11,14-15H2,(H,21,24). The lowest BCUT2D eigenvalue weighted by Crippen LogP contribution is -2.45. The number of benzene rings is 1. The molecular formula is C20H26N2O2S. The number of aromatic hydroxyl groups is 1. The SMILES string of the molecule is O=C(CN1CCCCC1CCc1cccc(O)c1)NCc1cccs1. The van der Waals surface area contributed by atoms with Gasteiger partial charge in [0, 0.05) is 10.9 Å². The molecule has 3 rings (SSSR count). The quantitative estimate of drug-likeness (QED) is 0.796. The topological polar surface area (TPSA) is 52.6 Å². The van der Waals surface area contributed by atoms with E-state index in [1.807, 2.05) is 29.6 Å². The number of thiophene rings is 1. The molecule has 0 radical (unpaired) electrons. The van der Waals surface area contributed by atoms with Crippen molar-refractivity contribution in [2.45, 2.75) is 44.7 Å². The summed E-state index contributed by atoms with van der Waals surface area (Å²) in [5, 5.41) is 14.7. The summed E-state index contributed by atoms with van der Waals surface area (Å²) in [6.07, 6.45) is 5.52. The second-order valence-electron chi connectivity index (χ2n) is 6.68. The Labute approximate surface area is 153 Å². The first kappa shape index (κ1) is 18.0. The van der Waals surface area contributed by atoms with Crippen molar-refractivity contribution in [3.8, 4) is 5.75 Å². The Morgan fingerprint density at radius 2 is 2.20 bits per heavy atom. The van der Waals surface area contributed by atoms with Gasteiger partial charge in [0.05, 0.1) is 13.1 Å². The average Bonchev–Trinajstić information content (AvgIpc) is 3.13. The molecule has 0 bridgehead atoms. The fourth-order valence-electron chi connectivity index (χ4n) is 3.48. The molecule has 0 saturated carbocycles. The Morgan fingerprint density at radius 1 is 1.28 bits per heavy atom. The fourth-order valence-corrected chi connectivity index (χ4v) is 4.12. The van der Waals surface area contributed by atoms with E-state index in [1.165, 1.54) is 17.7 Å². The van der Waals surface area contributed by atoms with Gasteiger partial charge in [0.2, 0.25) is 5.91 Å². The maximum absolute atomic E-state index is 12.3. The van der Waals surface area contributed by atoms with Gasteiger partial charge in [-0.1, -0.05) is 24.6 Å². The van der Waals surface area contributed by atoms with Gasteiger partial charge in [-0.3, -0.25) is 9.69 Å². The van der Waals surface area contributed by atoms with E-state index in [0.29, 0.717) is 24.9 Å².